The normalized spacial score (nSPS) is 12.6. The van der Waals surface area contributed by atoms with E-state index in [0.29, 0.717) is 17.0 Å². The molecule has 1 atom stereocenters. The number of aromatic nitrogens is 4. The zero-order valence-electron chi connectivity index (χ0n) is 12.0. The average Bonchev–Trinajstić information content (AvgIpc) is 2.87. The summed E-state index contributed by atoms with van der Waals surface area (Å²) in [5.74, 6) is 1.17. The number of aryl methyl sites for hydroxylation is 1. The zero-order chi connectivity index (χ0) is 15.0. The maximum absolute atomic E-state index is 6.31. The van der Waals surface area contributed by atoms with E-state index in [1.54, 1.807) is 7.11 Å². The van der Waals surface area contributed by atoms with Crippen LogP contribution in [-0.2, 0) is 0 Å². The molecule has 0 fully saturated rings. The number of halogens is 1. The summed E-state index contributed by atoms with van der Waals surface area (Å²) in [6, 6.07) is 8.04. The maximum atomic E-state index is 6.31. The van der Waals surface area contributed by atoms with Gasteiger partial charge in [-0.3, -0.25) is 4.57 Å². The topological polar surface area (TPSA) is 52.8 Å². The highest BCUT2D eigenvalue weighted by molar-refractivity contribution is 6.20. The molecule has 3 aromatic rings. The van der Waals surface area contributed by atoms with Crippen molar-refractivity contribution in [1.82, 2.24) is 19.5 Å². The number of fused-ring (bicyclic) bond motifs is 1. The molecule has 0 saturated carbocycles. The molecule has 0 spiro atoms. The Hall–Kier alpha value is -2.14. The van der Waals surface area contributed by atoms with Crippen molar-refractivity contribution < 1.29 is 4.74 Å². The third-order valence-corrected chi connectivity index (χ3v) is 3.54. The standard InChI is InChI=1S/C15H15ClN4O/c1-9-6-4-5-7-11(9)20-13(10(2)16)19-12-14(20)17-8-18-15(12)21-3/h4-8,10H,1-3H3. The number of hydrogen-bond donors (Lipinski definition) is 0. The van der Waals surface area contributed by atoms with Crippen LogP contribution >= 0.6 is 11.6 Å². The molecule has 21 heavy (non-hydrogen) atoms. The van der Waals surface area contributed by atoms with Crippen LogP contribution in [0.3, 0.4) is 0 Å². The highest BCUT2D eigenvalue weighted by atomic mass is 35.5. The van der Waals surface area contributed by atoms with Crippen LogP contribution < -0.4 is 4.74 Å². The minimum atomic E-state index is -0.261. The molecule has 5 nitrogen and oxygen atoms in total. The van der Waals surface area contributed by atoms with Gasteiger partial charge in [0.25, 0.3) is 0 Å². The van der Waals surface area contributed by atoms with Crippen LogP contribution in [-0.4, -0.2) is 26.6 Å². The van der Waals surface area contributed by atoms with Gasteiger partial charge in [0.05, 0.1) is 18.2 Å². The number of nitrogens with zero attached hydrogens (tertiary/aromatic N) is 4. The van der Waals surface area contributed by atoms with Crippen molar-refractivity contribution >= 4 is 22.8 Å². The van der Waals surface area contributed by atoms with Crippen molar-refractivity contribution in [3.63, 3.8) is 0 Å². The Labute approximate surface area is 127 Å². The molecule has 0 amide bonds. The lowest BCUT2D eigenvalue weighted by atomic mass is 10.2. The van der Waals surface area contributed by atoms with Crippen molar-refractivity contribution in [2.45, 2.75) is 19.2 Å². The van der Waals surface area contributed by atoms with E-state index in [2.05, 4.69) is 15.0 Å². The molecule has 0 bridgehead atoms. The Kier molecular flexibility index (Phi) is 3.51. The van der Waals surface area contributed by atoms with Gasteiger partial charge in [-0.1, -0.05) is 18.2 Å². The molecular weight excluding hydrogens is 288 g/mol. The number of ether oxygens (including phenoxy) is 1. The molecule has 0 saturated heterocycles. The smallest absolute Gasteiger partial charge is 0.245 e. The number of imidazole rings is 1. The van der Waals surface area contributed by atoms with Crippen LogP contribution in [0.25, 0.3) is 16.9 Å². The Balaban J connectivity index is 2.40. The van der Waals surface area contributed by atoms with Crippen molar-refractivity contribution in [1.29, 1.82) is 0 Å². The van der Waals surface area contributed by atoms with Gasteiger partial charge in [-0.15, -0.1) is 11.6 Å². The van der Waals surface area contributed by atoms with E-state index in [4.69, 9.17) is 16.3 Å². The lowest BCUT2D eigenvalue weighted by Crippen LogP contribution is -2.04. The van der Waals surface area contributed by atoms with Gasteiger partial charge in [-0.25, -0.2) is 9.97 Å². The van der Waals surface area contributed by atoms with Gasteiger partial charge in [0.15, 0.2) is 11.2 Å². The quantitative estimate of drug-likeness (QED) is 0.696. The van der Waals surface area contributed by atoms with Crippen molar-refractivity contribution in [3.05, 3.63) is 42.0 Å². The predicted molar refractivity (Wildman–Crippen MR) is 82.2 cm³/mol. The van der Waals surface area contributed by atoms with E-state index >= 15 is 0 Å². The van der Waals surface area contributed by atoms with Gasteiger partial charge in [-0.05, 0) is 25.5 Å². The number of alkyl halides is 1. The summed E-state index contributed by atoms with van der Waals surface area (Å²) in [7, 11) is 1.57. The van der Waals surface area contributed by atoms with Crippen LogP contribution in [0.4, 0.5) is 0 Å². The van der Waals surface area contributed by atoms with Crippen molar-refractivity contribution in [2.75, 3.05) is 7.11 Å². The Morgan fingerprint density at radius 1 is 1.24 bits per heavy atom. The molecule has 108 valence electrons. The Morgan fingerprint density at radius 2 is 2.00 bits per heavy atom. The second-order valence-corrected chi connectivity index (χ2v) is 5.42. The van der Waals surface area contributed by atoms with Gasteiger partial charge in [0, 0.05) is 0 Å². The van der Waals surface area contributed by atoms with E-state index in [-0.39, 0.29) is 5.38 Å². The summed E-state index contributed by atoms with van der Waals surface area (Å²) < 4.78 is 7.24. The molecular formula is C15H15ClN4O. The fourth-order valence-electron chi connectivity index (χ4n) is 2.36. The number of para-hydroxylation sites is 1. The minimum absolute atomic E-state index is 0.261. The highest BCUT2D eigenvalue weighted by Gasteiger charge is 2.21. The van der Waals surface area contributed by atoms with Gasteiger partial charge in [0.1, 0.15) is 12.2 Å². The first-order valence-corrected chi connectivity index (χ1v) is 7.04. The lowest BCUT2D eigenvalue weighted by Gasteiger charge is -2.12. The molecule has 2 aromatic heterocycles. The number of methoxy groups -OCH3 is 1. The third kappa shape index (κ3) is 2.23. The minimum Gasteiger partial charge on any atom is -0.479 e. The van der Waals surface area contributed by atoms with E-state index in [9.17, 15) is 0 Å². The van der Waals surface area contributed by atoms with Gasteiger partial charge in [-0.2, -0.15) is 4.98 Å². The first-order valence-electron chi connectivity index (χ1n) is 6.61. The lowest BCUT2D eigenvalue weighted by molar-refractivity contribution is 0.401. The molecule has 0 N–H and O–H groups in total. The summed E-state index contributed by atoms with van der Waals surface area (Å²) in [6.45, 7) is 3.93. The fraction of sp³-hybridized carbons (Fsp3) is 0.267. The van der Waals surface area contributed by atoms with Crippen LogP contribution in [0.1, 0.15) is 23.7 Å². The molecule has 6 heteroatoms. The van der Waals surface area contributed by atoms with Crippen LogP contribution in [0, 0.1) is 6.92 Å². The van der Waals surface area contributed by atoms with E-state index in [0.717, 1.165) is 17.1 Å². The fourth-order valence-corrected chi connectivity index (χ4v) is 2.50. The second-order valence-electron chi connectivity index (χ2n) is 4.76. The number of hydrogen-bond acceptors (Lipinski definition) is 4. The van der Waals surface area contributed by atoms with E-state index < -0.39 is 0 Å². The second kappa shape index (κ2) is 5.33. The summed E-state index contributed by atoms with van der Waals surface area (Å²) in [4.78, 5) is 13.0. The summed E-state index contributed by atoms with van der Waals surface area (Å²) in [5.41, 5.74) is 3.43. The molecule has 1 aromatic carbocycles. The molecule has 3 rings (SSSR count). The van der Waals surface area contributed by atoms with Gasteiger partial charge >= 0.3 is 0 Å². The summed E-state index contributed by atoms with van der Waals surface area (Å²) in [6.07, 6.45) is 1.47. The molecule has 2 heterocycles. The van der Waals surface area contributed by atoms with E-state index in [1.807, 2.05) is 42.7 Å². The monoisotopic (exact) mass is 302 g/mol. The van der Waals surface area contributed by atoms with Crippen LogP contribution in [0.5, 0.6) is 5.88 Å². The molecule has 1 unspecified atom stereocenters. The summed E-state index contributed by atoms with van der Waals surface area (Å²) in [5, 5.41) is -0.261. The Morgan fingerprint density at radius 3 is 2.67 bits per heavy atom. The van der Waals surface area contributed by atoms with E-state index in [1.165, 1.54) is 6.33 Å². The maximum Gasteiger partial charge on any atom is 0.245 e. The molecule has 0 radical (unpaired) electrons. The molecule has 0 aliphatic carbocycles. The first kappa shape index (κ1) is 13.8. The SMILES string of the molecule is COc1ncnc2c1nc(C(C)Cl)n2-c1ccccc1C. The predicted octanol–water partition coefficient (Wildman–Crippen LogP) is 3.43. The van der Waals surface area contributed by atoms with Gasteiger partial charge < -0.3 is 4.74 Å². The summed E-state index contributed by atoms with van der Waals surface area (Å²) >= 11 is 6.31. The third-order valence-electron chi connectivity index (χ3n) is 3.34. The van der Waals surface area contributed by atoms with Crippen LogP contribution in [0.2, 0.25) is 0 Å². The highest BCUT2D eigenvalue weighted by Crippen LogP contribution is 2.31. The largest absolute Gasteiger partial charge is 0.479 e. The van der Waals surface area contributed by atoms with Crippen molar-refractivity contribution in [3.8, 4) is 11.6 Å². The van der Waals surface area contributed by atoms with Gasteiger partial charge in [0.2, 0.25) is 5.88 Å². The molecule has 0 aliphatic heterocycles. The zero-order valence-corrected chi connectivity index (χ0v) is 12.8. The average molecular weight is 303 g/mol. The number of benzene rings is 1. The van der Waals surface area contributed by atoms with Crippen LogP contribution in [0.15, 0.2) is 30.6 Å². The molecule has 0 aliphatic rings. The number of rotatable bonds is 3. The van der Waals surface area contributed by atoms with Crippen molar-refractivity contribution in [2.24, 2.45) is 0 Å². The first-order chi connectivity index (χ1) is 10.1. The Bertz CT molecular complexity index is 797.